The van der Waals surface area contributed by atoms with E-state index in [1.807, 2.05) is 0 Å². The molecule has 1 aromatic rings. The second kappa shape index (κ2) is 6.50. The van der Waals surface area contributed by atoms with Gasteiger partial charge in [-0.3, -0.25) is 20.4 Å². The third-order valence-corrected chi connectivity index (χ3v) is 2.21. The first kappa shape index (κ1) is 17.5. The third kappa shape index (κ3) is 5.11. The molecule has 0 saturated heterocycles. The number of ketones is 1. The van der Waals surface area contributed by atoms with Gasteiger partial charge in [0.05, 0.1) is 0 Å². The van der Waals surface area contributed by atoms with Gasteiger partial charge in [-0.25, -0.2) is 0 Å². The largest absolute Gasteiger partial charge is 0.454 e. The molecular weight excluding hydrogens is 318 g/mol. The van der Waals surface area contributed by atoms with Gasteiger partial charge in [0.25, 0.3) is 11.7 Å². The standard InChI is InChI=1S/C12H8F6N2O2/c13-11(14,15)8(6-9(21)12(16,17)18)19-20-10(22)7-4-2-1-3-5-7/h1-6,19H,(H,20,22)/b8-6+. The molecule has 0 aromatic heterocycles. The van der Waals surface area contributed by atoms with Crippen molar-refractivity contribution in [1.82, 2.24) is 10.9 Å². The Kier molecular flexibility index (Phi) is 5.18. The first-order valence-electron chi connectivity index (χ1n) is 5.53. The quantitative estimate of drug-likeness (QED) is 0.508. The number of hydrazine groups is 1. The van der Waals surface area contributed by atoms with Crippen LogP contribution in [0.3, 0.4) is 0 Å². The summed E-state index contributed by atoms with van der Waals surface area (Å²) >= 11 is 0. The minimum atomic E-state index is -5.46. The Morgan fingerprint density at radius 2 is 1.41 bits per heavy atom. The molecule has 0 radical (unpaired) electrons. The van der Waals surface area contributed by atoms with Crippen LogP contribution in [0.1, 0.15) is 10.4 Å². The van der Waals surface area contributed by atoms with E-state index < -0.39 is 35.8 Å². The number of carbonyl (C=O) groups is 2. The third-order valence-electron chi connectivity index (χ3n) is 2.21. The van der Waals surface area contributed by atoms with Gasteiger partial charge in [0.15, 0.2) is 0 Å². The number of hydrogen-bond acceptors (Lipinski definition) is 3. The number of hydrogen-bond donors (Lipinski definition) is 2. The molecule has 0 heterocycles. The van der Waals surface area contributed by atoms with E-state index in [4.69, 9.17) is 0 Å². The Balaban J connectivity index is 2.86. The summed E-state index contributed by atoms with van der Waals surface area (Å²) in [5.74, 6) is -3.73. The number of rotatable bonds is 4. The van der Waals surface area contributed by atoms with Gasteiger partial charge >= 0.3 is 12.4 Å². The van der Waals surface area contributed by atoms with Crippen LogP contribution in [0.4, 0.5) is 26.3 Å². The fourth-order valence-corrected chi connectivity index (χ4v) is 1.19. The molecule has 0 fully saturated rings. The summed E-state index contributed by atoms with van der Waals surface area (Å²) in [5.41, 5.74) is 0.771. The highest BCUT2D eigenvalue weighted by atomic mass is 19.4. The fourth-order valence-electron chi connectivity index (χ4n) is 1.19. The number of benzene rings is 1. The zero-order chi connectivity index (χ0) is 17.0. The second-order valence-electron chi connectivity index (χ2n) is 3.86. The lowest BCUT2D eigenvalue weighted by atomic mass is 10.2. The maximum absolute atomic E-state index is 12.5. The first-order chi connectivity index (χ1) is 10.0. The summed E-state index contributed by atoms with van der Waals surface area (Å²) in [6.45, 7) is 0. The molecule has 0 spiro atoms. The van der Waals surface area contributed by atoms with Crippen molar-refractivity contribution in [3.8, 4) is 0 Å². The van der Waals surface area contributed by atoms with Crippen molar-refractivity contribution in [2.45, 2.75) is 12.4 Å². The summed E-state index contributed by atoms with van der Waals surface area (Å²) in [7, 11) is 0. The van der Waals surface area contributed by atoms with E-state index in [0.29, 0.717) is 0 Å². The molecule has 0 atom stereocenters. The fraction of sp³-hybridized carbons (Fsp3) is 0.167. The van der Waals surface area contributed by atoms with Gasteiger partial charge in [-0.05, 0) is 12.1 Å². The Hall–Kier alpha value is -2.52. The van der Waals surface area contributed by atoms with E-state index in [2.05, 4.69) is 0 Å². The van der Waals surface area contributed by atoms with Gasteiger partial charge in [-0.15, -0.1) is 0 Å². The Bertz CT molecular complexity index is 578. The molecule has 22 heavy (non-hydrogen) atoms. The highest BCUT2D eigenvalue weighted by Crippen LogP contribution is 2.25. The van der Waals surface area contributed by atoms with E-state index in [1.54, 1.807) is 11.5 Å². The number of amides is 1. The van der Waals surface area contributed by atoms with Crippen LogP contribution in [0.15, 0.2) is 42.1 Å². The maximum Gasteiger partial charge on any atom is 0.454 e. The van der Waals surface area contributed by atoms with Crippen LogP contribution in [0.25, 0.3) is 0 Å². The highest BCUT2D eigenvalue weighted by molar-refractivity contribution is 5.95. The zero-order valence-corrected chi connectivity index (χ0v) is 10.5. The number of alkyl halides is 6. The number of nitrogens with one attached hydrogen (secondary N) is 2. The molecule has 0 bridgehead atoms. The predicted octanol–water partition coefficient (Wildman–Crippen LogP) is 2.50. The van der Waals surface area contributed by atoms with Gasteiger partial charge in [-0.1, -0.05) is 18.2 Å². The summed E-state index contributed by atoms with van der Waals surface area (Å²) < 4.78 is 73.5. The van der Waals surface area contributed by atoms with E-state index in [1.165, 1.54) is 29.7 Å². The van der Waals surface area contributed by atoms with Crippen LogP contribution in [0.2, 0.25) is 0 Å². The topological polar surface area (TPSA) is 58.2 Å². The zero-order valence-electron chi connectivity index (χ0n) is 10.5. The smallest absolute Gasteiger partial charge is 0.294 e. The van der Waals surface area contributed by atoms with Crippen molar-refractivity contribution < 1.29 is 35.9 Å². The molecular formula is C12H8F6N2O2. The lowest BCUT2D eigenvalue weighted by Gasteiger charge is -2.15. The molecule has 0 aliphatic carbocycles. The van der Waals surface area contributed by atoms with Gasteiger partial charge < -0.3 is 0 Å². The average Bonchev–Trinajstić information content (AvgIpc) is 2.41. The molecule has 120 valence electrons. The van der Waals surface area contributed by atoms with Crippen LogP contribution in [0.5, 0.6) is 0 Å². The van der Waals surface area contributed by atoms with Crippen molar-refractivity contribution in [3.05, 3.63) is 47.7 Å². The molecule has 0 unspecified atom stereocenters. The van der Waals surface area contributed by atoms with E-state index in [9.17, 15) is 35.9 Å². The molecule has 0 aliphatic rings. The van der Waals surface area contributed by atoms with E-state index in [0.717, 1.165) is 0 Å². The molecule has 4 nitrogen and oxygen atoms in total. The molecule has 1 rings (SSSR count). The summed E-state index contributed by atoms with van der Waals surface area (Å²) in [5, 5.41) is 0. The Morgan fingerprint density at radius 3 is 1.86 bits per heavy atom. The van der Waals surface area contributed by atoms with Gasteiger partial charge in [0.1, 0.15) is 5.70 Å². The molecule has 0 saturated carbocycles. The summed E-state index contributed by atoms with van der Waals surface area (Å²) in [4.78, 5) is 22.1. The van der Waals surface area contributed by atoms with Crippen molar-refractivity contribution in [2.24, 2.45) is 0 Å². The number of allylic oxidation sites excluding steroid dienone is 2. The van der Waals surface area contributed by atoms with Crippen LogP contribution < -0.4 is 10.9 Å². The van der Waals surface area contributed by atoms with E-state index in [-0.39, 0.29) is 5.56 Å². The van der Waals surface area contributed by atoms with Crippen molar-refractivity contribution in [1.29, 1.82) is 0 Å². The predicted molar refractivity (Wildman–Crippen MR) is 62.2 cm³/mol. The van der Waals surface area contributed by atoms with Gasteiger partial charge in [0, 0.05) is 11.6 Å². The molecule has 0 aliphatic heterocycles. The van der Waals surface area contributed by atoms with Crippen LogP contribution in [0, 0.1) is 0 Å². The van der Waals surface area contributed by atoms with Gasteiger partial charge in [0.2, 0.25) is 0 Å². The first-order valence-corrected chi connectivity index (χ1v) is 5.53. The lowest BCUT2D eigenvalue weighted by molar-refractivity contribution is -0.166. The minimum absolute atomic E-state index is 0.0290. The van der Waals surface area contributed by atoms with Crippen LogP contribution >= 0.6 is 0 Å². The second-order valence-corrected chi connectivity index (χ2v) is 3.86. The summed E-state index contributed by atoms with van der Waals surface area (Å²) in [6, 6.07) is 6.96. The van der Waals surface area contributed by atoms with Gasteiger partial charge in [-0.2, -0.15) is 26.3 Å². The molecule has 2 N–H and O–H groups in total. The number of halogens is 6. The molecule has 1 amide bonds. The summed E-state index contributed by atoms with van der Waals surface area (Å²) in [6.07, 6.45) is -11.4. The Morgan fingerprint density at radius 1 is 0.864 bits per heavy atom. The van der Waals surface area contributed by atoms with E-state index >= 15 is 0 Å². The average molecular weight is 326 g/mol. The Labute approximate surface area is 119 Å². The van der Waals surface area contributed by atoms with Crippen LogP contribution in [-0.2, 0) is 4.79 Å². The lowest BCUT2D eigenvalue weighted by Crippen LogP contribution is -2.42. The molecule has 1 aromatic carbocycles. The van der Waals surface area contributed by atoms with Crippen molar-refractivity contribution in [3.63, 3.8) is 0 Å². The SMILES string of the molecule is O=C(NN/C(=C/C(=O)C(F)(F)F)C(F)(F)F)c1ccccc1. The van der Waals surface area contributed by atoms with Crippen molar-refractivity contribution >= 4 is 11.7 Å². The highest BCUT2D eigenvalue weighted by Gasteiger charge is 2.41. The van der Waals surface area contributed by atoms with Crippen LogP contribution in [-0.4, -0.2) is 24.0 Å². The number of carbonyl (C=O) groups excluding carboxylic acids is 2. The van der Waals surface area contributed by atoms with Crippen molar-refractivity contribution in [2.75, 3.05) is 0 Å². The normalized spacial score (nSPS) is 12.7. The maximum atomic E-state index is 12.5. The molecule has 10 heteroatoms. The minimum Gasteiger partial charge on any atom is -0.294 e. The monoisotopic (exact) mass is 326 g/mol.